The minimum absolute atomic E-state index is 0.0859. The van der Waals surface area contributed by atoms with Crippen molar-refractivity contribution in [3.63, 3.8) is 0 Å². The molecular weight excluding hydrogens is 250 g/mol. The Morgan fingerprint density at radius 1 is 1.44 bits per heavy atom. The summed E-state index contributed by atoms with van der Waals surface area (Å²) in [5, 5.41) is 18.0. The molecule has 5 heteroatoms. The fourth-order valence-corrected chi connectivity index (χ4v) is 3.08. The number of aliphatic hydroxyl groups is 1. The predicted molar refractivity (Wildman–Crippen MR) is 72.6 cm³/mol. The molecule has 0 atom stereocenters. The zero-order chi connectivity index (χ0) is 13.2. The Hall–Kier alpha value is -0.580. The van der Waals surface area contributed by atoms with Gasteiger partial charge < -0.3 is 10.4 Å². The Labute approximate surface area is 113 Å². The van der Waals surface area contributed by atoms with E-state index in [2.05, 4.69) is 10.4 Å². The second-order valence-corrected chi connectivity index (χ2v) is 5.81. The van der Waals surface area contributed by atoms with Crippen LogP contribution in [0.1, 0.15) is 36.9 Å². The van der Waals surface area contributed by atoms with Crippen molar-refractivity contribution in [1.82, 2.24) is 15.1 Å². The zero-order valence-electron chi connectivity index (χ0n) is 11.2. The maximum atomic E-state index is 9.54. The molecule has 1 aliphatic carbocycles. The van der Waals surface area contributed by atoms with Crippen molar-refractivity contribution in [2.24, 2.45) is 12.5 Å². The molecule has 0 unspecified atom stereocenters. The van der Waals surface area contributed by atoms with Crippen LogP contribution in [0, 0.1) is 12.3 Å². The number of aryl methyl sites for hydroxylation is 2. The van der Waals surface area contributed by atoms with E-state index >= 15 is 0 Å². The summed E-state index contributed by atoms with van der Waals surface area (Å²) in [4.78, 5) is 0. The van der Waals surface area contributed by atoms with Gasteiger partial charge in [-0.05, 0) is 19.8 Å². The molecular formula is C13H22ClN3O. The Bertz CT molecular complexity index is 411. The Morgan fingerprint density at radius 3 is 2.61 bits per heavy atom. The highest BCUT2D eigenvalue weighted by Crippen LogP contribution is 2.37. The molecule has 0 amide bonds. The number of aromatic nitrogens is 2. The van der Waals surface area contributed by atoms with Crippen LogP contribution in [0.15, 0.2) is 0 Å². The summed E-state index contributed by atoms with van der Waals surface area (Å²) < 4.78 is 1.70. The first kappa shape index (κ1) is 13.8. The standard InChI is InChI=1S/C13H22ClN3O/c1-10-11(12(14)17(2)16-10)7-15-8-13(9-18)5-3-4-6-13/h15,18H,3-9H2,1-2H3. The first-order chi connectivity index (χ1) is 8.58. The zero-order valence-corrected chi connectivity index (χ0v) is 11.9. The van der Waals surface area contributed by atoms with Crippen molar-refractivity contribution in [2.75, 3.05) is 13.2 Å². The van der Waals surface area contributed by atoms with E-state index in [4.69, 9.17) is 11.6 Å². The monoisotopic (exact) mass is 271 g/mol. The van der Waals surface area contributed by atoms with E-state index in [1.54, 1.807) is 4.68 Å². The summed E-state index contributed by atoms with van der Waals surface area (Å²) in [6, 6.07) is 0. The lowest BCUT2D eigenvalue weighted by molar-refractivity contribution is 0.128. The molecule has 1 fully saturated rings. The fraction of sp³-hybridized carbons (Fsp3) is 0.769. The molecule has 2 N–H and O–H groups in total. The summed E-state index contributed by atoms with van der Waals surface area (Å²) in [6.45, 7) is 3.83. The van der Waals surface area contributed by atoms with Gasteiger partial charge in [-0.1, -0.05) is 24.4 Å². The highest BCUT2D eigenvalue weighted by molar-refractivity contribution is 6.30. The molecule has 0 spiro atoms. The van der Waals surface area contributed by atoms with Gasteiger partial charge in [-0.15, -0.1) is 0 Å². The average molecular weight is 272 g/mol. The summed E-state index contributed by atoms with van der Waals surface area (Å²) in [5.41, 5.74) is 2.12. The number of halogens is 1. The van der Waals surface area contributed by atoms with Gasteiger partial charge in [0.1, 0.15) is 5.15 Å². The van der Waals surface area contributed by atoms with Gasteiger partial charge in [0.15, 0.2) is 0 Å². The SMILES string of the molecule is Cc1nn(C)c(Cl)c1CNCC1(CO)CCCC1. The molecule has 1 aliphatic rings. The van der Waals surface area contributed by atoms with E-state index in [0.717, 1.165) is 37.2 Å². The Balaban J connectivity index is 1.92. The third-order valence-electron chi connectivity index (χ3n) is 4.07. The number of rotatable bonds is 5. The van der Waals surface area contributed by atoms with E-state index < -0.39 is 0 Å². The molecule has 4 nitrogen and oxygen atoms in total. The number of hydrogen-bond acceptors (Lipinski definition) is 3. The van der Waals surface area contributed by atoms with Gasteiger partial charge in [0.25, 0.3) is 0 Å². The van der Waals surface area contributed by atoms with Gasteiger partial charge in [0.2, 0.25) is 0 Å². The lowest BCUT2D eigenvalue weighted by Gasteiger charge is -2.26. The smallest absolute Gasteiger partial charge is 0.131 e. The van der Waals surface area contributed by atoms with Crippen LogP contribution in [-0.2, 0) is 13.6 Å². The lowest BCUT2D eigenvalue weighted by atomic mass is 9.87. The third-order valence-corrected chi connectivity index (χ3v) is 4.54. The van der Waals surface area contributed by atoms with Crippen LogP contribution in [-0.4, -0.2) is 28.0 Å². The molecule has 18 heavy (non-hydrogen) atoms. The first-order valence-electron chi connectivity index (χ1n) is 6.57. The number of nitrogens with zero attached hydrogens (tertiary/aromatic N) is 2. The largest absolute Gasteiger partial charge is 0.396 e. The molecule has 2 rings (SSSR count). The van der Waals surface area contributed by atoms with Crippen LogP contribution in [0.3, 0.4) is 0 Å². The molecule has 1 saturated carbocycles. The van der Waals surface area contributed by atoms with E-state index in [9.17, 15) is 5.11 Å². The van der Waals surface area contributed by atoms with Crippen LogP contribution in [0.2, 0.25) is 5.15 Å². The van der Waals surface area contributed by atoms with Crippen molar-refractivity contribution in [3.05, 3.63) is 16.4 Å². The second kappa shape index (κ2) is 5.59. The Kier molecular flexibility index (Phi) is 4.30. The molecule has 102 valence electrons. The first-order valence-corrected chi connectivity index (χ1v) is 6.95. The normalized spacial score (nSPS) is 18.4. The average Bonchev–Trinajstić information content (AvgIpc) is 2.91. The maximum Gasteiger partial charge on any atom is 0.131 e. The van der Waals surface area contributed by atoms with Crippen LogP contribution < -0.4 is 5.32 Å². The summed E-state index contributed by atoms with van der Waals surface area (Å²) in [6.07, 6.45) is 4.70. The number of nitrogens with one attached hydrogen (secondary N) is 1. The maximum absolute atomic E-state index is 9.54. The minimum Gasteiger partial charge on any atom is -0.396 e. The molecule has 0 radical (unpaired) electrons. The molecule has 1 aromatic rings. The van der Waals surface area contributed by atoms with Crippen molar-refractivity contribution in [3.8, 4) is 0 Å². The molecule has 0 bridgehead atoms. The van der Waals surface area contributed by atoms with Crippen LogP contribution in [0.25, 0.3) is 0 Å². The predicted octanol–water partition coefficient (Wildman–Crippen LogP) is 2.02. The van der Waals surface area contributed by atoms with E-state index in [1.165, 1.54) is 12.8 Å². The highest BCUT2D eigenvalue weighted by Gasteiger charge is 2.32. The number of hydrogen-bond donors (Lipinski definition) is 2. The van der Waals surface area contributed by atoms with E-state index in [0.29, 0.717) is 5.15 Å². The van der Waals surface area contributed by atoms with Crippen molar-refractivity contribution in [1.29, 1.82) is 0 Å². The molecule has 0 saturated heterocycles. The van der Waals surface area contributed by atoms with E-state index in [1.807, 2.05) is 14.0 Å². The Morgan fingerprint density at radius 2 is 2.11 bits per heavy atom. The molecule has 1 aromatic heterocycles. The summed E-state index contributed by atoms with van der Waals surface area (Å²) in [7, 11) is 1.85. The minimum atomic E-state index is 0.0859. The lowest BCUT2D eigenvalue weighted by Crippen LogP contribution is -2.34. The highest BCUT2D eigenvalue weighted by atomic mass is 35.5. The van der Waals surface area contributed by atoms with Gasteiger partial charge in [-0.3, -0.25) is 4.68 Å². The number of aliphatic hydroxyl groups excluding tert-OH is 1. The van der Waals surface area contributed by atoms with E-state index in [-0.39, 0.29) is 12.0 Å². The molecule has 0 aliphatic heterocycles. The van der Waals surface area contributed by atoms with Crippen molar-refractivity contribution in [2.45, 2.75) is 39.2 Å². The van der Waals surface area contributed by atoms with Crippen molar-refractivity contribution >= 4 is 11.6 Å². The summed E-state index contributed by atoms with van der Waals surface area (Å²) >= 11 is 6.19. The van der Waals surface area contributed by atoms with Gasteiger partial charge >= 0.3 is 0 Å². The third kappa shape index (κ3) is 2.71. The summed E-state index contributed by atoms with van der Waals surface area (Å²) in [5.74, 6) is 0. The van der Waals surface area contributed by atoms with Gasteiger partial charge in [0.05, 0.1) is 5.69 Å². The van der Waals surface area contributed by atoms with Gasteiger partial charge in [-0.25, -0.2) is 0 Å². The molecule has 0 aromatic carbocycles. The van der Waals surface area contributed by atoms with Crippen molar-refractivity contribution < 1.29 is 5.11 Å². The second-order valence-electron chi connectivity index (χ2n) is 5.45. The fourth-order valence-electron chi connectivity index (χ4n) is 2.84. The van der Waals surface area contributed by atoms with Gasteiger partial charge in [-0.2, -0.15) is 5.10 Å². The molecule has 1 heterocycles. The quantitative estimate of drug-likeness (QED) is 0.862. The van der Waals surface area contributed by atoms with Crippen LogP contribution in [0.4, 0.5) is 0 Å². The van der Waals surface area contributed by atoms with Crippen LogP contribution in [0.5, 0.6) is 0 Å². The topological polar surface area (TPSA) is 50.1 Å². The van der Waals surface area contributed by atoms with Gasteiger partial charge in [0, 0.05) is 37.7 Å². The van der Waals surface area contributed by atoms with Crippen LogP contribution >= 0.6 is 11.6 Å².